The van der Waals surface area contributed by atoms with Gasteiger partial charge in [-0.2, -0.15) is 10.2 Å². The van der Waals surface area contributed by atoms with Crippen molar-refractivity contribution in [3.63, 3.8) is 0 Å². The molecule has 0 bridgehead atoms. The molecule has 2 aromatic heterocycles. The summed E-state index contributed by atoms with van der Waals surface area (Å²) in [6.07, 6.45) is 10.7. The number of rotatable bonds is 8. The van der Waals surface area contributed by atoms with Crippen molar-refractivity contribution in [1.82, 2.24) is 20.8 Å². The van der Waals surface area contributed by atoms with Crippen LogP contribution in [0.2, 0.25) is 0 Å². The standard InChI is InChI=1S/2C23H24FN3O/c2*1-2-15-8-11-18(12-9-15)26-27-23(28)22-21(16-6-4-3-5-7-16)19-14-17(24)10-13-20(19)25-22/h2*3-7,10,13-15,25H,2,8-9,11-12H2,1H3,(H,27,28). The third-order valence-corrected chi connectivity index (χ3v) is 11.3. The van der Waals surface area contributed by atoms with Gasteiger partial charge in [-0.3, -0.25) is 9.59 Å². The van der Waals surface area contributed by atoms with Crippen molar-refractivity contribution in [2.45, 2.75) is 78.1 Å². The normalized spacial score (nSPS) is 16.9. The number of hydrogen-bond donors (Lipinski definition) is 4. The highest BCUT2D eigenvalue weighted by molar-refractivity contribution is 6.11. The van der Waals surface area contributed by atoms with E-state index in [-0.39, 0.29) is 23.4 Å². The molecule has 10 heteroatoms. The number of aromatic amines is 2. The zero-order valence-electron chi connectivity index (χ0n) is 31.9. The van der Waals surface area contributed by atoms with E-state index in [1.54, 1.807) is 12.1 Å². The summed E-state index contributed by atoms with van der Waals surface area (Å²) in [6, 6.07) is 28.1. The quantitative estimate of drug-likeness (QED) is 0.116. The van der Waals surface area contributed by atoms with Crippen molar-refractivity contribution in [3.8, 4) is 22.3 Å². The number of amides is 2. The van der Waals surface area contributed by atoms with Gasteiger partial charge in [0.2, 0.25) is 0 Å². The van der Waals surface area contributed by atoms with Crippen LogP contribution in [0.4, 0.5) is 8.78 Å². The van der Waals surface area contributed by atoms with Gasteiger partial charge < -0.3 is 9.97 Å². The average molecular weight is 755 g/mol. The third-order valence-electron chi connectivity index (χ3n) is 11.3. The van der Waals surface area contributed by atoms with Gasteiger partial charge >= 0.3 is 0 Å². The van der Waals surface area contributed by atoms with Crippen molar-refractivity contribution >= 4 is 45.0 Å². The van der Waals surface area contributed by atoms with Crippen LogP contribution in [0.1, 0.15) is 99.0 Å². The molecule has 0 radical (unpaired) electrons. The Morgan fingerprint density at radius 3 is 1.32 bits per heavy atom. The highest BCUT2D eigenvalue weighted by atomic mass is 19.1. The van der Waals surface area contributed by atoms with Gasteiger partial charge in [0.05, 0.1) is 0 Å². The lowest BCUT2D eigenvalue weighted by Crippen LogP contribution is -2.23. The SMILES string of the molecule is CCC1CCC(=NNC(=O)c2[nH]c3ccc(F)cc3c2-c2ccccc2)CC1.CCC1CCC(=NNC(=O)c2[nH]c3ccc(F)cc3c2-c2ccccc2)CC1. The average Bonchev–Trinajstić information content (AvgIpc) is 3.82. The zero-order valence-corrected chi connectivity index (χ0v) is 31.9. The predicted octanol–water partition coefficient (Wildman–Crippen LogP) is 11.3. The van der Waals surface area contributed by atoms with Crippen LogP contribution in [0.5, 0.6) is 0 Å². The largest absolute Gasteiger partial charge is 0.350 e. The highest BCUT2D eigenvalue weighted by Gasteiger charge is 2.23. The second-order valence-corrected chi connectivity index (χ2v) is 14.8. The van der Waals surface area contributed by atoms with Gasteiger partial charge in [-0.1, -0.05) is 87.4 Å². The molecule has 6 aromatic rings. The van der Waals surface area contributed by atoms with Crippen LogP contribution < -0.4 is 10.9 Å². The highest BCUT2D eigenvalue weighted by Crippen LogP contribution is 2.35. The molecule has 288 valence electrons. The van der Waals surface area contributed by atoms with Gasteiger partial charge in [0.15, 0.2) is 0 Å². The maximum Gasteiger partial charge on any atom is 0.288 e. The molecule has 0 aliphatic heterocycles. The molecule has 2 heterocycles. The third kappa shape index (κ3) is 8.80. The second-order valence-electron chi connectivity index (χ2n) is 14.8. The Morgan fingerprint density at radius 1 is 0.589 bits per heavy atom. The summed E-state index contributed by atoms with van der Waals surface area (Å²) in [5.41, 5.74) is 12.9. The minimum atomic E-state index is -0.330. The molecule has 8 nitrogen and oxygen atoms in total. The van der Waals surface area contributed by atoms with E-state index in [0.29, 0.717) is 33.3 Å². The summed E-state index contributed by atoms with van der Waals surface area (Å²) in [5, 5.41) is 10.1. The van der Waals surface area contributed by atoms with Crippen LogP contribution in [0.15, 0.2) is 107 Å². The van der Waals surface area contributed by atoms with Crippen molar-refractivity contribution in [2.75, 3.05) is 0 Å². The van der Waals surface area contributed by atoms with E-state index >= 15 is 0 Å². The number of hydrazone groups is 2. The van der Waals surface area contributed by atoms with E-state index in [2.05, 4.69) is 44.9 Å². The molecule has 0 atom stereocenters. The molecule has 0 spiro atoms. The first kappa shape index (κ1) is 38.4. The molecule has 2 saturated carbocycles. The Morgan fingerprint density at radius 2 is 0.964 bits per heavy atom. The van der Waals surface area contributed by atoms with Crippen molar-refractivity contribution < 1.29 is 18.4 Å². The number of halogens is 2. The molecular weight excluding hydrogens is 707 g/mol. The van der Waals surface area contributed by atoms with Crippen LogP contribution in [-0.2, 0) is 0 Å². The maximum atomic E-state index is 13.9. The lowest BCUT2D eigenvalue weighted by Gasteiger charge is -2.21. The van der Waals surface area contributed by atoms with E-state index in [0.717, 1.165) is 96.8 Å². The van der Waals surface area contributed by atoms with Gasteiger partial charge in [0.25, 0.3) is 11.8 Å². The zero-order chi connectivity index (χ0) is 39.0. The first-order valence-electron chi connectivity index (χ1n) is 19.8. The smallest absolute Gasteiger partial charge is 0.288 e. The second kappa shape index (κ2) is 17.7. The number of nitrogens with zero attached hydrogens (tertiary/aromatic N) is 2. The van der Waals surface area contributed by atoms with Crippen molar-refractivity contribution in [2.24, 2.45) is 22.0 Å². The number of benzene rings is 4. The van der Waals surface area contributed by atoms with Gasteiger partial charge in [-0.05, 0) is 111 Å². The molecule has 56 heavy (non-hydrogen) atoms. The predicted molar refractivity (Wildman–Crippen MR) is 222 cm³/mol. The Bertz CT molecular complexity index is 2190. The first-order chi connectivity index (χ1) is 27.3. The number of aromatic nitrogens is 2. The molecule has 0 saturated heterocycles. The molecule has 2 amide bonds. The molecule has 2 fully saturated rings. The molecule has 0 unspecified atom stereocenters. The number of H-pyrrole nitrogens is 2. The van der Waals surface area contributed by atoms with E-state index in [1.165, 1.54) is 37.1 Å². The topological polar surface area (TPSA) is 114 Å². The number of carbonyl (C=O) groups is 2. The Labute approximate surface area is 325 Å². The fraction of sp³-hybridized carbons (Fsp3) is 0.304. The summed E-state index contributed by atoms with van der Waals surface area (Å²) in [4.78, 5) is 32.1. The molecule has 2 aliphatic rings. The van der Waals surface area contributed by atoms with Gasteiger partial charge in [0, 0.05) is 44.4 Å². The summed E-state index contributed by atoms with van der Waals surface area (Å²) in [5.74, 6) is 0.263. The molecule has 2 aliphatic carbocycles. The summed E-state index contributed by atoms with van der Waals surface area (Å²) in [6.45, 7) is 4.44. The van der Waals surface area contributed by atoms with Crippen LogP contribution in [-0.4, -0.2) is 33.2 Å². The van der Waals surface area contributed by atoms with Gasteiger partial charge in [-0.15, -0.1) is 0 Å². The number of fused-ring (bicyclic) bond motifs is 2. The molecular formula is C46H48F2N6O2. The van der Waals surface area contributed by atoms with Crippen LogP contribution in [0, 0.1) is 23.5 Å². The maximum absolute atomic E-state index is 13.9. The summed E-state index contributed by atoms with van der Waals surface area (Å²) < 4.78 is 27.7. The van der Waals surface area contributed by atoms with Crippen LogP contribution >= 0.6 is 0 Å². The molecule has 4 N–H and O–H groups in total. The Kier molecular flexibility index (Phi) is 12.1. The lowest BCUT2D eigenvalue weighted by atomic mass is 9.86. The lowest BCUT2D eigenvalue weighted by molar-refractivity contribution is 0.0943. The Balaban J connectivity index is 0.000000172. The number of hydrogen-bond acceptors (Lipinski definition) is 4. The van der Waals surface area contributed by atoms with Crippen molar-refractivity contribution in [3.05, 3.63) is 120 Å². The summed E-state index contributed by atoms with van der Waals surface area (Å²) >= 11 is 0. The van der Waals surface area contributed by atoms with Gasteiger partial charge in [0.1, 0.15) is 23.0 Å². The van der Waals surface area contributed by atoms with E-state index in [1.807, 2.05) is 60.7 Å². The van der Waals surface area contributed by atoms with E-state index in [9.17, 15) is 18.4 Å². The van der Waals surface area contributed by atoms with Crippen LogP contribution in [0.3, 0.4) is 0 Å². The van der Waals surface area contributed by atoms with Gasteiger partial charge in [-0.25, -0.2) is 19.6 Å². The van der Waals surface area contributed by atoms with E-state index in [4.69, 9.17) is 0 Å². The first-order valence-corrected chi connectivity index (χ1v) is 19.8. The van der Waals surface area contributed by atoms with E-state index < -0.39 is 0 Å². The monoisotopic (exact) mass is 754 g/mol. The van der Waals surface area contributed by atoms with Crippen LogP contribution in [0.25, 0.3) is 44.1 Å². The minimum absolute atomic E-state index is 0.305. The molecule has 4 aromatic carbocycles. The van der Waals surface area contributed by atoms with Crippen molar-refractivity contribution in [1.29, 1.82) is 0 Å². The fourth-order valence-corrected chi connectivity index (χ4v) is 7.91. The number of carbonyl (C=O) groups excluding carboxylic acids is 2. The minimum Gasteiger partial charge on any atom is -0.350 e. The molecule has 8 rings (SSSR count). The fourth-order valence-electron chi connectivity index (χ4n) is 7.91. The number of nitrogens with one attached hydrogen (secondary N) is 4. The summed E-state index contributed by atoms with van der Waals surface area (Å²) in [7, 11) is 0. The Hall–Kier alpha value is -5.90.